The highest BCUT2D eigenvalue weighted by atomic mass is 19.1. The number of ether oxygens (including phenoxy) is 2. The van der Waals surface area contributed by atoms with Crippen molar-refractivity contribution in [1.29, 1.82) is 0 Å². The Morgan fingerprint density at radius 1 is 1.07 bits per heavy atom. The number of hydrogen-bond donors (Lipinski definition) is 0. The molecule has 2 aliphatic rings. The van der Waals surface area contributed by atoms with Crippen molar-refractivity contribution in [3.63, 3.8) is 0 Å². The first kappa shape index (κ1) is 19.9. The number of halogens is 1. The van der Waals surface area contributed by atoms with Crippen molar-refractivity contribution in [1.82, 2.24) is 9.80 Å². The van der Waals surface area contributed by atoms with E-state index >= 15 is 0 Å². The number of carbonyl (C=O) groups is 1. The lowest BCUT2D eigenvalue weighted by molar-refractivity contribution is -0.172. The first-order valence-corrected chi connectivity index (χ1v) is 10.1. The monoisotopic (exact) mass is 398 g/mol. The number of rotatable bonds is 5. The minimum Gasteiger partial charge on any atom is -0.497 e. The van der Waals surface area contributed by atoms with Crippen molar-refractivity contribution in [3.05, 3.63) is 65.5 Å². The van der Waals surface area contributed by atoms with Gasteiger partial charge in [0.25, 0.3) is 0 Å². The molecule has 0 radical (unpaired) electrons. The van der Waals surface area contributed by atoms with Gasteiger partial charge in [-0.2, -0.15) is 0 Å². The fourth-order valence-corrected chi connectivity index (χ4v) is 4.24. The summed E-state index contributed by atoms with van der Waals surface area (Å²) in [6.45, 7) is 3.80. The highest BCUT2D eigenvalue weighted by Gasteiger charge is 2.42. The molecule has 5 nitrogen and oxygen atoms in total. The zero-order chi connectivity index (χ0) is 20.3. The Morgan fingerprint density at radius 2 is 1.79 bits per heavy atom. The zero-order valence-corrected chi connectivity index (χ0v) is 16.8. The number of morpholine rings is 1. The predicted molar refractivity (Wildman–Crippen MR) is 108 cm³/mol. The van der Waals surface area contributed by atoms with Crippen LogP contribution in [0.25, 0.3) is 0 Å². The largest absolute Gasteiger partial charge is 0.497 e. The first-order chi connectivity index (χ1) is 14.0. The van der Waals surface area contributed by atoms with Crippen molar-refractivity contribution >= 4 is 5.91 Å². The minimum absolute atomic E-state index is 0.0290. The summed E-state index contributed by atoms with van der Waals surface area (Å²) in [6.07, 6.45) is 1.76. The van der Waals surface area contributed by atoms with Crippen molar-refractivity contribution in [2.45, 2.75) is 31.5 Å². The van der Waals surface area contributed by atoms with Crippen LogP contribution in [-0.2, 0) is 22.6 Å². The molecule has 2 aromatic carbocycles. The normalized spacial score (nSPS) is 19.5. The lowest BCUT2D eigenvalue weighted by Crippen LogP contribution is -2.58. The summed E-state index contributed by atoms with van der Waals surface area (Å²) in [5.41, 5.74) is 1.74. The topological polar surface area (TPSA) is 42.0 Å². The van der Waals surface area contributed by atoms with Gasteiger partial charge < -0.3 is 14.4 Å². The smallest absolute Gasteiger partial charge is 0.248 e. The SMILES string of the molecule is COc1cccc(CN2CCC3(CC2)CN(Cc2cccc(F)c2)C(=O)CO3)c1. The van der Waals surface area contributed by atoms with Crippen LogP contribution in [0.4, 0.5) is 4.39 Å². The van der Waals surface area contributed by atoms with Crippen LogP contribution < -0.4 is 4.74 Å². The van der Waals surface area contributed by atoms with Crippen LogP contribution in [0.5, 0.6) is 5.75 Å². The van der Waals surface area contributed by atoms with E-state index in [0.29, 0.717) is 13.1 Å². The van der Waals surface area contributed by atoms with Crippen LogP contribution in [0.3, 0.4) is 0 Å². The number of piperidine rings is 1. The van der Waals surface area contributed by atoms with Gasteiger partial charge in [-0.1, -0.05) is 24.3 Å². The van der Waals surface area contributed by atoms with Gasteiger partial charge in [0.1, 0.15) is 18.2 Å². The Kier molecular flexibility index (Phi) is 5.83. The molecular formula is C23H27FN2O3. The van der Waals surface area contributed by atoms with E-state index in [4.69, 9.17) is 9.47 Å². The number of methoxy groups -OCH3 is 1. The van der Waals surface area contributed by atoms with Gasteiger partial charge in [-0.3, -0.25) is 9.69 Å². The van der Waals surface area contributed by atoms with Gasteiger partial charge in [-0.05, 0) is 48.2 Å². The number of benzene rings is 2. The lowest BCUT2D eigenvalue weighted by atomic mass is 9.89. The Balaban J connectivity index is 1.36. The molecule has 2 fully saturated rings. The van der Waals surface area contributed by atoms with Gasteiger partial charge in [-0.25, -0.2) is 4.39 Å². The Bertz CT molecular complexity index is 865. The molecule has 0 aromatic heterocycles. The molecule has 0 bridgehead atoms. The van der Waals surface area contributed by atoms with E-state index < -0.39 is 0 Å². The average molecular weight is 398 g/mol. The molecule has 29 heavy (non-hydrogen) atoms. The van der Waals surface area contributed by atoms with Crippen molar-refractivity contribution in [2.24, 2.45) is 0 Å². The minimum atomic E-state index is -0.299. The van der Waals surface area contributed by atoms with Gasteiger partial charge in [0.2, 0.25) is 5.91 Å². The molecule has 2 heterocycles. The van der Waals surface area contributed by atoms with E-state index in [2.05, 4.69) is 17.0 Å². The van der Waals surface area contributed by atoms with Gasteiger partial charge in [-0.15, -0.1) is 0 Å². The average Bonchev–Trinajstić information content (AvgIpc) is 2.73. The lowest BCUT2D eigenvalue weighted by Gasteiger charge is -2.47. The van der Waals surface area contributed by atoms with Crippen LogP contribution >= 0.6 is 0 Å². The van der Waals surface area contributed by atoms with Crippen molar-refractivity contribution in [2.75, 3.05) is 33.4 Å². The second-order valence-electron chi connectivity index (χ2n) is 7.98. The Morgan fingerprint density at radius 3 is 2.52 bits per heavy atom. The molecule has 1 amide bonds. The van der Waals surface area contributed by atoms with Crippen LogP contribution in [-0.4, -0.2) is 54.7 Å². The molecule has 154 valence electrons. The highest BCUT2D eigenvalue weighted by molar-refractivity contribution is 5.78. The number of hydrogen-bond acceptors (Lipinski definition) is 4. The second kappa shape index (κ2) is 8.51. The maximum atomic E-state index is 13.5. The number of nitrogens with zero attached hydrogens (tertiary/aromatic N) is 2. The quantitative estimate of drug-likeness (QED) is 0.776. The van der Waals surface area contributed by atoms with Gasteiger partial charge >= 0.3 is 0 Å². The molecule has 0 atom stereocenters. The third-order valence-corrected chi connectivity index (χ3v) is 5.90. The van der Waals surface area contributed by atoms with E-state index in [1.54, 1.807) is 13.2 Å². The van der Waals surface area contributed by atoms with E-state index in [1.165, 1.54) is 17.7 Å². The predicted octanol–water partition coefficient (Wildman–Crippen LogP) is 3.23. The van der Waals surface area contributed by atoms with Gasteiger partial charge in [0.15, 0.2) is 0 Å². The summed E-state index contributed by atoms with van der Waals surface area (Å²) in [5, 5.41) is 0. The van der Waals surface area contributed by atoms with E-state index in [0.717, 1.165) is 43.8 Å². The standard InChI is InChI=1S/C23H27FN2O3/c1-28-21-7-3-5-19(13-21)14-25-10-8-23(9-11-25)17-26(22(27)16-29-23)15-18-4-2-6-20(24)12-18/h2-7,12-13H,8-11,14-17H2,1H3. The second-order valence-corrected chi connectivity index (χ2v) is 7.98. The Hall–Kier alpha value is -2.44. The number of carbonyl (C=O) groups excluding carboxylic acids is 1. The summed E-state index contributed by atoms with van der Waals surface area (Å²) < 4.78 is 24.8. The molecule has 4 rings (SSSR count). The molecule has 0 saturated carbocycles. The summed E-state index contributed by atoms with van der Waals surface area (Å²) in [7, 11) is 1.68. The third kappa shape index (κ3) is 4.77. The van der Waals surface area contributed by atoms with Crippen molar-refractivity contribution in [3.8, 4) is 5.75 Å². The number of amides is 1. The summed E-state index contributed by atoms with van der Waals surface area (Å²) >= 11 is 0. The summed E-state index contributed by atoms with van der Waals surface area (Å²) in [4.78, 5) is 16.6. The van der Waals surface area contributed by atoms with Crippen LogP contribution in [0.2, 0.25) is 0 Å². The molecule has 2 aromatic rings. The van der Waals surface area contributed by atoms with E-state index in [-0.39, 0.29) is 23.9 Å². The van der Waals surface area contributed by atoms with Crippen LogP contribution in [0, 0.1) is 5.82 Å². The Labute approximate surface area is 171 Å². The van der Waals surface area contributed by atoms with Crippen LogP contribution in [0.1, 0.15) is 24.0 Å². The van der Waals surface area contributed by atoms with Crippen molar-refractivity contribution < 1.29 is 18.7 Å². The first-order valence-electron chi connectivity index (χ1n) is 10.1. The van der Waals surface area contributed by atoms with E-state index in [1.807, 2.05) is 23.1 Å². The summed E-state index contributed by atoms with van der Waals surface area (Å²) in [5.74, 6) is 0.570. The fraction of sp³-hybridized carbons (Fsp3) is 0.435. The zero-order valence-electron chi connectivity index (χ0n) is 16.8. The third-order valence-electron chi connectivity index (χ3n) is 5.90. The molecular weight excluding hydrogens is 371 g/mol. The highest BCUT2D eigenvalue weighted by Crippen LogP contribution is 2.32. The molecule has 1 spiro atoms. The molecule has 0 aliphatic carbocycles. The summed E-state index contributed by atoms with van der Waals surface area (Å²) in [6, 6.07) is 14.6. The molecule has 0 N–H and O–H groups in total. The fourth-order valence-electron chi connectivity index (χ4n) is 4.24. The molecule has 0 unspecified atom stereocenters. The maximum absolute atomic E-state index is 13.5. The number of likely N-dealkylation sites (tertiary alicyclic amines) is 1. The molecule has 6 heteroatoms. The molecule has 2 saturated heterocycles. The maximum Gasteiger partial charge on any atom is 0.248 e. The van der Waals surface area contributed by atoms with Crippen LogP contribution in [0.15, 0.2) is 48.5 Å². The van der Waals surface area contributed by atoms with Gasteiger partial charge in [0, 0.05) is 26.2 Å². The van der Waals surface area contributed by atoms with Gasteiger partial charge in [0.05, 0.1) is 19.3 Å². The molecule has 2 aliphatic heterocycles. The van der Waals surface area contributed by atoms with E-state index in [9.17, 15) is 9.18 Å².